The van der Waals surface area contributed by atoms with Gasteiger partial charge in [0, 0.05) is 19.0 Å². The van der Waals surface area contributed by atoms with Crippen LogP contribution in [-0.2, 0) is 24.2 Å². The van der Waals surface area contributed by atoms with Crippen molar-refractivity contribution < 1.29 is 9.72 Å². The van der Waals surface area contributed by atoms with Crippen LogP contribution in [-0.4, -0.2) is 31.3 Å². The van der Waals surface area contributed by atoms with E-state index in [9.17, 15) is 14.9 Å². The molecule has 0 bridgehead atoms. The molecule has 0 aliphatic carbocycles. The van der Waals surface area contributed by atoms with E-state index in [2.05, 4.69) is 27.6 Å². The molecular formula is C20H21N5O3S. The summed E-state index contributed by atoms with van der Waals surface area (Å²) in [6.45, 7) is 2.71. The summed E-state index contributed by atoms with van der Waals surface area (Å²) in [6, 6.07) is 16.2. The Morgan fingerprint density at radius 3 is 2.55 bits per heavy atom. The van der Waals surface area contributed by atoms with Crippen molar-refractivity contribution in [3.63, 3.8) is 0 Å². The normalized spacial score (nSPS) is 10.7. The topological polar surface area (TPSA) is 103 Å². The van der Waals surface area contributed by atoms with Crippen LogP contribution in [0.1, 0.15) is 18.3 Å². The number of hydrogen-bond acceptors (Lipinski definition) is 6. The molecule has 9 heteroatoms. The molecule has 3 aromatic rings. The third kappa shape index (κ3) is 5.41. The molecule has 0 spiro atoms. The third-order valence-corrected chi connectivity index (χ3v) is 5.26. The number of benzene rings is 2. The van der Waals surface area contributed by atoms with Gasteiger partial charge < -0.3 is 9.88 Å². The summed E-state index contributed by atoms with van der Waals surface area (Å²) in [6.07, 6.45) is 1.62. The highest BCUT2D eigenvalue weighted by atomic mass is 32.2. The highest BCUT2D eigenvalue weighted by Crippen LogP contribution is 2.24. The van der Waals surface area contributed by atoms with Gasteiger partial charge in [-0.15, -0.1) is 10.2 Å². The predicted octanol–water partition coefficient (Wildman–Crippen LogP) is 3.72. The van der Waals surface area contributed by atoms with Crippen LogP contribution >= 0.6 is 11.8 Å². The van der Waals surface area contributed by atoms with Crippen molar-refractivity contribution in [1.29, 1.82) is 0 Å². The molecule has 0 atom stereocenters. The minimum Gasteiger partial charge on any atom is -0.320 e. The van der Waals surface area contributed by atoms with Crippen molar-refractivity contribution in [2.24, 2.45) is 0 Å². The van der Waals surface area contributed by atoms with Gasteiger partial charge in [-0.3, -0.25) is 14.9 Å². The Hall–Kier alpha value is -3.20. The summed E-state index contributed by atoms with van der Waals surface area (Å²) in [5.74, 6) is 0.627. The zero-order valence-electron chi connectivity index (χ0n) is 15.9. The number of carbonyl (C=O) groups is 1. The Morgan fingerprint density at radius 1 is 1.10 bits per heavy atom. The summed E-state index contributed by atoms with van der Waals surface area (Å²) in [5.41, 5.74) is 1.28. The lowest BCUT2D eigenvalue weighted by Crippen LogP contribution is -2.15. The largest absolute Gasteiger partial charge is 0.320 e. The van der Waals surface area contributed by atoms with Gasteiger partial charge in [-0.1, -0.05) is 54.2 Å². The van der Waals surface area contributed by atoms with Gasteiger partial charge in [-0.25, -0.2) is 0 Å². The molecule has 0 unspecified atom stereocenters. The number of aryl methyl sites for hydroxylation is 2. The van der Waals surface area contributed by atoms with Crippen LogP contribution in [0.3, 0.4) is 0 Å². The van der Waals surface area contributed by atoms with E-state index in [1.54, 1.807) is 12.1 Å². The first-order valence-corrected chi connectivity index (χ1v) is 10.2. The zero-order chi connectivity index (χ0) is 20.6. The number of rotatable bonds is 9. The number of nitrogens with one attached hydrogen (secondary N) is 1. The number of aromatic nitrogens is 3. The van der Waals surface area contributed by atoms with E-state index < -0.39 is 4.92 Å². The van der Waals surface area contributed by atoms with Gasteiger partial charge in [-0.05, 0) is 25.0 Å². The number of hydrogen-bond donors (Lipinski definition) is 1. The van der Waals surface area contributed by atoms with E-state index in [1.165, 1.54) is 29.5 Å². The molecule has 1 aromatic heterocycles. The predicted molar refractivity (Wildman–Crippen MR) is 112 cm³/mol. The van der Waals surface area contributed by atoms with Crippen molar-refractivity contribution in [3.05, 3.63) is 76.1 Å². The lowest BCUT2D eigenvalue weighted by Gasteiger charge is -2.08. The molecule has 3 rings (SSSR count). The second-order valence-electron chi connectivity index (χ2n) is 6.24. The summed E-state index contributed by atoms with van der Waals surface area (Å²) < 4.78 is 1.99. The molecule has 29 heavy (non-hydrogen) atoms. The average molecular weight is 411 g/mol. The molecule has 8 nitrogen and oxygen atoms in total. The molecule has 0 radical (unpaired) electrons. The van der Waals surface area contributed by atoms with Crippen molar-refractivity contribution in [3.8, 4) is 0 Å². The molecule has 150 valence electrons. The van der Waals surface area contributed by atoms with Crippen LogP contribution in [0.25, 0.3) is 0 Å². The van der Waals surface area contributed by atoms with Gasteiger partial charge in [0.05, 0.1) is 10.7 Å². The average Bonchev–Trinajstić information content (AvgIpc) is 3.13. The lowest BCUT2D eigenvalue weighted by atomic mass is 10.1. The highest BCUT2D eigenvalue weighted by molar-refractivity contribution is 7.99. The van der Waals surface area contributed by atoms with Gasteiger partial charge >= 0.3 is 0 Å². The second kappa shape index (κ2) is 9.83. The number of nitrogens with zero attached hydrogens (tertiary/aromatic N) is 4. The number of nitro benzene ring substituents is 1. The Labute approximate surface area is 172 Å². The first-order chi connectivity index (χ1) is 14.1. The summed E-state index contributed by atoms with van der Waals surface area (Å²) in [4.78, 5) is 22.8. The van der Waals surface area contributed by atoms with E-state index in [0.717, 1.165) is 18.7 Å². The minimum absolute atomic E-state index is 0.0862. The van der Waals surface area contributed by atoms with Crippen molar-refractivity contribution in [2.75, 3.05) is 11.1 Å². The first kappa shape index (κ1) is 20.5. The monoisotopic (exact) mass is 411 g/mol. The van der Waals surface area contributed by atoms with Crippen LogP contribution in [0.4, 0.5) is 11.4 Å². The number of thioether (sulfide) groups is 1. The molecule has 0 fully saturated rings. The molecule has 0 aliphatic rings. The quantitative estimate of drug-likeness (QED) is 0.327. The van der Waals surface area contributed by atoms with Gasteiger partial charge in [0.2, 0.25) is 5.91 Å². The highest BCUT2D eigenvalue weighted by Gasteiger charge is 2.17. The molecule has 2 aromatic carbocycles. The van der Waals surface area contributed by atoms with Crippen LogP contribution in [0.5, 0.6) is 0 Å². The molecule has 0 aliphatic heterocycles. The standard InChI is InChI=1S/C20H21N5O3S/c1-2-24-18(13-12-15-8-4-3-5-9-15)22-23-20(24)29-14-19(26)21-16-10-6-7-11-17(16)25(27)28/h3-11H,2,12-14H2,1H3,(H,21,26). The first-order valence-electron chi connectivity index (χ1n) is 9.20. The van der Waals surface area contributed by atoms with Crippen LogP contribution in [0, 0.1) is 10.1 Å². The molecule has 1 heterocycles. The molecule has 1 N–H and O–H groups in total. The smallest absolute Gasteiger partial charge is 0.292 e. The number of carbonyl (C=O) groups excluding carboxylic acids is 1. The summed E-state index contributed by atoms with van der Waals surface area (Å²) in [5, 5.41) is 22.8. The maximum absolute atomic E-state index is 12.3. The van der Waals surface area contributed by atoms with Gasteiger partial charge in [0.1, 0.15) is 11.5 Å². The summed E-state index contributed by atoms with van der Waals surface area (Å²) in [7, 11) is 0. The molecule has 0 saturated carbocycles. The maximum atomic E-state index is 12.3. The maximum Gasteiger partial charge on any atom is 0.292 e. The van der Waals surface area contributed by atoms with Crippen LogP contribution < -0.4 is 5.32 Å². The van der Waals surface area contributed by atoms with Crippen LogP contribution in [0.2, 0.25) is 0 Å². The van der Waals surface area contributed by atoms with Gasteiger partial charge in [0.25, 0.3) is 5.69 Å². The Kier molecular flexibility index (Phi) is 6.96. The SMILES string of the molecule is CCn1c(CCc2ccccc2)nnc1SCC(=O)Nc1ccccc1[N+](=O)[O-]. The zero-order valence-corrected chi connectivity index (χ0v) is 16.8. The van der Waals surface area contributed by atoms with Crippen LogP contribution in [0.15, 0.2) is 59.8 Å². The van der Waals surface area contributed by atoms with Gasteiger partial charge in [-0.2, -0.15) is 0 Å². The van der Waals surface area contributed by atoms with E-state index >= 15 is 0 Å². The van der Waals surface area contributed by atoms with E-state index in [1.807, 2.05) is 29.7 Å². The lowest BCUT2D eigenvalue weighted by molar-refractivity contribution is -0.383. The number of nitro groups is 1. The number of amides is 1. The fraction of sp³-hybridized carbons (Fsp3) is 0.250. The fourth-order valence-electron chi connectivity index (χ4n) is 2.88. The number of para-hydroxylation sites is 2. The van der Waals surface area contributed by atoms with E-state index in [4.69, 9.17) is 0 Å². The second-order valence-corrected chi connectivity index (χ2v) is 7.18. The molecular weight excluding hydrogens is 390 g/mol. The Morgan fingerprint density at radius 2 is 1.83 bits per heavy atom. The minimum atomic E-state index is -0.518. The van der Waals surface area contributed by atoms with E-state index in [-0.39, 0.29) is 23.0 Å². The van der Waals surface area contributed by atoms with Gasteiger partial charge in [0.15, 0.2) is 5.16 Å². The van der Waals surface area contributed by atoms with Crippen molar-refractivity contribution in [2.45, 2.75) is 31.5 Å². The Balaban J connectivity index is 1.60. The summed E-state index contributed by atoms with van der Waals surface area (Å²) >= 11 is 1.26. The Bertz CT molecular complexity index is 991. The van der Waals surface area contributed by atoms with E-state index in [0.29, 0.717) is 11.7 Å². The molecule has 0 saturated heterocycles. The van der Waals surface area contributed by atoms with Crippen molar-refractivity contribution in [1.82, 2.24) is 14.8 Å². The van der Waals surface area contributed by atoms with Crippen molar-refractivity contribution >= 4 is 29.0 Å². The molecule has 1 amide bonds. The number of anilines is 1. The third-order valence-electron chi connectivity index (χ3n) is 4.30. The fourth-order valence-corrected chi connectivity index (χ4v) is 3.71.